The first-order valence-corrected chi connectivity index (χ1v) is 3.92. The summed E-state index contributed by atoms with van der Waals surface area (Å²) in [6.07, 6.45) is 0. The van der Waals surface area contributed by atoms with Crippen LogP contribution >= 0.6 is 0 Å². The Morgan fingerprint density at radius 3 is 2.43 bits per heavy atom. The Balaban J connectivity index is 3.22. The molecule has 1 aromatic rings. The number of nitrogens with one attached hydrogen (secondary N) is 2. The van der Waals surface area contributed by atoms with E-state index in [1.807, 2.05) is 0 Å². The van der Waals surface area contributed by atoms with E-state index in [4.69, 9.17) is 10.8 Å². The Bertz CT molecular complexity index is 395. The van der Waals surface area contributed by atoms with E-state index in [0.717, 1.165) is 0 Å². The number of amides is 2. The highest BCUT2D eigenvalue weighted by Crippen LogP contribution is 2.21. The van der Waals surface area contributed by atoms with E-state index in [0.29, 0.717) is 11.3 Å². The number of anilines is 1. The van der Waals surface area contributed by atoms with Gasteiger partial charge in [0.2, 0.25) is 0 Å². The summed E-state index contributed by atoms with van der Waals surface area (Å²) in [5.41, 5.74) is 6.20. The van der Waals surface area contributed by atoms with Crippen molar-refractivity contribution < 1.29 is 14.7 Å². The van der Waals surface area contributed by atoms with Gasteiger partial charge >= 0.3 is 12.0 Å². The number of primary amides is 1. The summed E-state index contributed by atoms with van der Waals surface area (Å²) < 4.78 is 0. The summed E-state index contributed by atoms with van der Waals surface area (Å²) in [6, 6.07) is -0.797. The first-order chi connectivity index (χ1) is 6.43. The van der Waals surface area contributed by atoms with Gasteiger partial charge in [-0.3, -0.25) is 5.32 Å². The second-order valence-corrected chi connectivity index (χ2v) is 2.92. The van der Waals surface area contributed by atoms with Crippen LogP contribution in [-0.4, -0.2) is 22.1 Å². The third-order valence-corrected chi connectivity index (χ3v) is 1.96. The molecule has 1 heterocycles. The fourth-order valence-corrected chi connectivity index (χ4v) is 1.20. The number of nitrogens with two attached hydrogens (primary N) is 1. The molecule has 1 aromatic heterocycles. The van der Waals surface area contributed by atoms with Crippen LogP contribution in [0.3, 0.4) is 0 Å². The van der Waals surface area contributed by atoms with E-state index >= 15 is 0 Å². The number of aromatic carboxylic acids is 1. The average molecular weight is 197 g/mol. The number of aromatic amines is 1. The van der Waals surface area contributed by atoms with Crippen LogP contribution in [0.2, 0.25) is 0 Å². The number of carboxylic acid groups (broad SMARTS) is 1. The van der Waals surface area contributed by atoms with Crippen molar-refractivity contribution in [2.45, 2.75) is 13.8 Å². The molecule has 0 unspecified atom stereocenters. The number of carboxylic acids is 1. The monoisotopic (exact) mass is 197 g/mol. The van der Waals surface area contributed by atoms with E-state index in [-0.39, 0.29) is 11.4 Å². The van der Waals surface area contributed by atoms with Crippen molar-refractivity contribution in [1.29, 1.82) is 0 Å². The third-order valence-electron chi connectivity index (χ3n) is 1.96. The number of aryl methyl sites for hydroxylation is 1. The lowest BCUT2D eigenvalue weighted by Crippen LogP contribution is -2.21. The van der Waals surface area contributed by atoms with Crippen molar-refractivity contribution in [3.63, 3.8) is 0 Å². The zero-order valence-corrected chi connectivity index (χ0v) is 7.84. The summed E-state index contributed by atoms with van der Waals surface area (Å²) in [4.78, 5) is 24.1. The molecule has 0 fully saturated rings. The second kappa shape index (κ2) is 3.41. The molecule has 6 heteroatoms. The zero-order valence-electron chi connectivity index (χ0n) is 7.84. The van der Waals surface area contributed by atoms with Gasteiger partial charge in [-0.1, -0.05) is 0 Å². The molecule has 0 atom stereocenters. The van der Waals surface area contributed by atoms with Gasteiger partial charge in [0.25, 0.3) is 0 Å². The van der Waals surface area contributed by atoms with Crippen LogP contribution in [0.5, 0.6) is 0 Å². The summed E-state index contributed by atoms with van der Waals surface area (Å²) >= 11 is 0. The van der Waals surface area contributed by atoms with Gasteiger partial charge in [-0.2, -0.15) is 0 Å². The number of hydrogen-bond acceptors (Lipinski definition) is 2. The lowest BCUT2D eigenvalue weighted by Gasteiger charge is -1.99. The summed E-state index contributed by atoms with van der Waals surface area (Å²) in [5, 5.41) is 11.1. The highest BCUT2D eigenvalue weighted by molar-refractivity contribution is 6.00. The van der Waals surface area contributed by atoms with Gasteiger partial charge in [0.1, 0.15) is 11.4 Å². The number of carbonyl (C=O) groups excluding carboxylic acids is 1. The Labute approximate surface area is 80.1 Å². The maximum absolute atomic E-state index is 10.8. The average Bonchev–Trinajstić information content (AvgIpc) is 2.26. The predicted octanol–water partition coefficient (Wildman–Crippen LogP) is 0.820. The predicted molar refractivity (Wildman–Crippen MR) is 50.4 cm³/mol. The number of rotatable bonds is 2. The Kier molecular flexibility index (Phi) is 2.46. The van der Waals surface area contributed by atoms with E-state index in [1.54, 1.807) is 13.8 Å². The molecule has 0 spiro atoms. The van der Waals surface area contributed by atoms with Crippen LogP contribution < -0.4 is 11.1 Å². The minimum absolute atomic E-state index is 0.0429. The van der Waals surface area contributed by atoms with Crippen LogP contribution in [0, 0.1) is 13.8 Å². The van der Waals surface area contributed by atoms with Crippen LogP contribution in [0.1, 0.15) is 21.6 Å². The lowest BCUT2D eigenvalue weighted by molar-refractivity contribution is 0.0697. The van der Waals surface area contributed by atoms with Crippen molar-refractivity contribution in [3.05, 3.63) is 16.8 Å². The second-order valence-electron chi connectivity index (χ2n) is 2.92. The lowest BCUT2D eigenvalue weighted by atomic mass is 10.1. The minimum atomic E-state index is -1.10. The van der Waals surface area contributed by atoms with Crippen molar-refractivity contribution in [2.75, 3.05) is 5.32 Å². The maximum Gasteiger partial charge on any atom is 0.339 e. The molecule has 14 heavy (non-hydrogen) atoms. The number of aromatic nitrogens is 1. The molecule has 0 bridgehead atoms. The molecule has 0 saturated carbocycles. The first kappa shape index (κ1) is 10.1. The maximum atomic E-state index is 10.8. The Morgan fingerprint density at radius 1 is 1.43 bits per heavy atom. The largest absolute Gasteiger partial charge is 0.478 e. The van der Waals surface area contributed by atoms with Gasteiger partial charge in [0.05, 0.1) is 0 Å². The summed E-state index contributed by atoms with van der Waals surface area (Å²) in [6.45, 7) is 3.37. The molecule has 5 N–H and O–H groups in total. The SMILES string of the molecule is Cc1[nH]c(NC(N)=O)c(C(=O)O)c1C. The number of H-pyrrole nitrogens is 1. The zero-order chi connectivity index (χ0) is 10.9. The molecule has 76 valence electrons. The highest BCUT2D eigenvalue weighted by Gasteiger charge is 2.18. The van der Waals surface area contributed by atoms with Gasteiger partial charge in [-0.05, 0) is 19.4 Å². The molecule has 0 aliphatic carbocycles. The molecule has 6 nitrogen and oxygen atoms in total. The van der Waals surface area contributed by atoms with Crippen LogP contribution in [0.4, 0.5) is 10.6 Å². The first-order valence-electron chi connectivity index (χ1n) is 3.92. The molecular formula is C8H11N3O3. The van der Waals surface area contributed by atoms with Crippen molar-refractivity contribution in [1.82, 2.24) is 4.98 Å². The fourth-order valence-electron chi connectivity index (χ4n) is 1.20. The molecule has 2 amide bonds. The van der Waals surface area contributed by atoms with E-state index in [1.165, 1.54) is 0 Å². The van der Waals surface area contributed by atoms with Gasteiger partial charge in [0, 0.05) is 5.69 Å². The minimum Gasteiger partial charge on any atom is -0.478 e. The standard InChI is InChI=1S/C8H11N3O3/c1-3-4(2)10-6(11-8(9)14)5(3)7(12)13/h10H,1-2H3,(H,12,13)(H3,9,11,14). The van der Waals surface area contributed by atoms with Crippen molar-refractivity contribution in [3.8, 4) is 0 Å². The molecule has 0 radical (unpaired) electrons. The van der Waals surface area contributed by atoms with Crippen LogP contribution in [0.15, 0.2) is 0 Å². The number of hydrogen-bond donors (Lipinski definition) is 4. The Hall–Kier alpha value is -1.98. The molecule has 0 aliphatic rings. The van der Waals surface area contributed by atoms with E-state index in [2.05, 4.69) is 10.3 Å². The molecular weight excluding hydrogens is 186 g/mol. The summed E-state index contributed by atoms with van der Waals surface area (Å²) in [7, 11) is 0. The van der Waals surface area contributed by atoms with Crippen LogP contribution in [-0.2, 0) is 0 Å². The smallest absolute Gasteiger partial charge is 0.339 e. The molecule has 0 saturated heterocycles. The Morgan fingerprint density at radius 2 is 2.00 bits per heavy atom. The normalized spacial score (nSPS) is 9.86. The quantitative estimate of drug-likeness (QED) is 0.563. The molecule has 0 aromatic carbocycles. The van der Waals surface area contributed by atoms with Gasteiger partial charge in [-0.15, -0.1) is 0 Å². The van der Waals surface area contributed by atoms with E-state index < -0.39 is 12.0 Å². The van der Waals surface area contributed by atoms with Gasteiger partial charge in [-0.25, -0.2) is 9.59 Å². The number of carbonyl (C=O) groups is 2. The third kappa shape index (κ3) is 1.68. The summed E-state index contributed by atoms with van der Waals surface area (Å²) in [5.74, 6) is -0.976. The topological polar surface area (TPSA) is 108 Å². The van der Waals surface area contributed by atoms with E-state index in [9.17, 15) is 9.59 Å². The molecule has 1 rings (SSSR count). The van der Waals surface area contributed by atoms with Crippen molar-refractivity contribution >= 4 is 17.8 Å². The number of urea groups is 1. The van der Waals surface area contributed by atoms with Crippen molar-refractivity contribution in [2.24, 2.45) is 5.73 Å². The highest BCUT2D eigenvalue weighted by atomic mass is 16.4. The molecule has 0 aliphatic heterocycles. The fraction of sp³-hybridized carbons (Fsp3) is 0.250. The van der Waals surface area contributed by atoms with Crippen LogP contribution in [0.25, 0.3) is 0 Å². The van der Waals surface area contributed by atoms with Gasteiger partial charge in [0.15, 0.2) is 0 Å². The van der Waals surface area contributed by atoms with Gasteiger partial charge < -0.3 is 15.8 Å².